The third-order valence-electron chi connectivity index (χ3n) is 4.37. The van der Waals surface area contributed by atoms with Crippen molar-refractivity contribution in [3.63, 3.8) is 0 Å². The molecule has 118 valence electrons. The van der Waals surface area contributed by atoms with Gasteiger partial charge in [-0.1, -0.05) is 30.3 Å². The summed E-state index contributed by atoms with van der Waals surface area (Å²) in [6.07, 6.45) is 2.27. The molecule has 0 saturated carbocycles. The van der Waals surface area contributed by atoms with Crippen LogP contribution in [0.15, 0.2) is 35.7 Å². The number of benzene rings is 1. The maximum Gasteiger partial charge on any atom is 0.185 e. The Morgan fingerprint density at radius 3 is 2.68 bits per heavy atom. The van der Waals surface area contributed by atoms with E-state index in [4.69, 9.17) is 10.1 Å². The van der Waals surface area contributed by atoms with Crippen molar-refractivity contribution in [2.45, 2.75) is 18.9 Å². The fourth-order valence-electron chi connectivity index (χ4n) is 2.99. The molecule has 0 atom stereocenters. The van der Waals surface area contributed by atoms with Crippen molar-refractivity contribution in [2.24, 2.45) is 0 Å². The molecule has 4 nitrogen and oxygen atoms in total. The molecule has 1 aliphatic rings. The van der Waals surface area contributed by atoms with Crippen LogP contribution in [0.2, 0.25) is 0 Å². The fourth-order valence-corrected chi connectivity index (χ4v) is 3.88. The van der Waals surface area contributed by atoms with E-state index in [-0.39, 0.29) is 6.61 Å². The van der Waals surface area contributed by atoms with Gasteiger partial charge in [0.2, 0.25) is 0 Å². The predicted octanol–water partition coefficient (Wildman–Crippen LogP) is 2.70. The maximum atomic E-state index is 9.05. The summed E-state index contributed by atoms with van der Waals surface area (Å²) in [6, 6.07) is 10.9. The number of aromatic nitrogens is 1. The minimum absolute atomic E-state index is 0.240. The van der Waals surface area contributed by atoms with Gasteiger partial charge < -0.3 is 14.9 Å². The van der Waals surface area contributed by atoms with Gasteiger partial charge in [0.15, 0.2) is 5.13 Å². The van der Waals surface area contributed by atoms with Gasteiger partial charge in [-0.05, 0) is 19.9 Å². The number of hydrogen-bond donors (Lipinski definition) is 1. The van der Waals surface area contributed by atoms with Crippen LogP contribution in [0.25, 0.3) is 11.3 Å². The van der Waals surface area contributed by atoms with E-state index in [9.17, 15) is 0 Å². The summed E-state index contributed by atoms with van der Waals surface area (Å²) in [5, 5.41) is 12.3. The Hall–Kier alpha value is -1.43. The van der Waals surface area contributed by atoms with Crippen LogP contribution in [0.5, 0.6) is 0 Å². The van der Waals surface area contributed by atoms with E-state index < -0.39 is 0 Å². The van der Waals surface area contributed by atoms with E-state index in [0.717, 1.165) is 43.3 Å². The Morgan fingerprint density at radius 2 is 2.00 bits per heavy atom. The lowest BCUT2D eigenvalue weighted by Gasteiger charge is -2.36. The zero-order valence-electron chi connectivity index (χ0n) is 13.0. The molecule has 0 aliphatic carbocycles. The lowest BCUT2D eigenvalue weighted by Crippen LogP contribution is -2.44. The molecule has 0 amide bonds. The first-order chi connectivity index (χ1) is 10.8. The smallest absolute Gasteiger partial charge is 0.185 e. The highest BCUT2D eigenvalue weighted by molar-refractivity contribution is 7.14. The summed E-state index contributed by atoms with van der Waals surface area (Å²) < 4.78 is 0. The van der Waals surface area contributed by atoms with Crippen LogP contribution < -0.4 is 4.90 Å². The first-order valence-corrected chi connectivity index (χ1v) is 8.73. The highest BCUT2D eigenvalue weighted by atomic mass is 32.1. The van der Waals surface area contributed by atoms with Gasteiger partial charge in [-0.3, -0.25) is 0 Å². The number of piperidine rings is 1. The van der Waals surface area contributed by atoms with Gasteiger partial charge >= 0.3 is 0 Å². The summed E-state index contributed by atoms with van der Waals surface area (Å²) >= 11 is 1.73. The van der Waals surface area contributed by atoms with Gasteiger partial charge in [-0.15, -0.1) is 11.3 Å². The Morgan fingerprint density at radius 1 is 1.27 bits per heavy atom. The number of rotatable bonds is 5. The standard InChI is InChI=1S/C17H23N3OS/c1-19(11-12-21)15-7-9-20(10-8-15)17-18-16(13-22-17)14-5-3-2-4-6-14/h2-6,13,15,21H,7-12H2,1H3. The molecule has 5 heteroatoms. The van der Waals surface area contributed by atoms with Crippen molar-refractivity contribution in [2.75, 3.05) is 38.2 Å². The lowest BCUT2D eigenvalue weighted by molar-refractivity contribution is 0.162. The SMILES string of the molecule is CN(CCO)C1CCN(c2nc(-c3ccccc3)cs2)CC1. The first kappa shape index (κ1) is 15.5. The first-order valence-electron chi connectivity index (χ1n) is 7.85. The monoisotopic (exact) mass is 317 g/mol. The van der Waals surface area contributed by atoms with Crippen molar-refractivity contribution in [3.05, 3.63) is 35.7 Å². The summed E-state index contributed by atoms with van der Waals surface area (Å²) in [5.74, 6) is 0. The highest BCUT2D eigenvalue weighted by Crippen LogP contribution is 2.29. The Bertz CT molecular complexity index is 579. The zero-order valence-corrected chi connectivity index (χ0v) is 13.8. The number of likely N-dealkylation sites (N-methyl/N-ethyl adjacent to an activating group) is 1. The largest absolute Gasteiger partial charge is 0.395 e. The molecule has 2 aromatic rings. The van der Waals surface area contributed by atoms with Gasteiger partial charge in [0, 0.05) is 36.6 Å². The van der Waals surface area contributed by atoms with E-state index in [1.807, 2.05) is 6.07 Å². The minimum Gasteiger partial charge on any atom is -0.395 e. The molecule has 1 aliphatic heterocycles. The number of aliphatic hydroxyl groups is 1. The molecule has 0 radical (unpaired) electrons. The molecule has 1 saturated heterocycles. The van der Waals surface area contributed by atoms with E-state index >= 15 is 0 Å². The predicted molar refractivity (Wildman–Crippen MR) is 92.5 cm³/mol. The number of anilines is 1. The Labute approximate surface area is 136 Å². The van der Waals surface area contributed by atoms with Gasteiger partial charge in [0.05, 0.1) is 12.3 Å². The molecule has 1 aromatic heterocycles. The zero-order chi connectivity index (χ0) is 15.4. The number of thiazole rings is 1. The summed E-state index contributed by atoms with van der Waals surface area (Å²) in [4.78, 5) is 9.46. The van der Waals surface area contributed by atoms with Gasteiger partial charge in [0.25, 0.3) is 0 Å². The van der Waals surface area contributed by atoms with Gasteiger partial charge in [-0.25, -0.2) is 4.98 Å². The van der Waals surface area contributed by atoms with Gasteiger partial charge in [-0.2, -0.15) is 0 Å². The molecule has 0 spiro atoms. The molecular weight excluding hydrogens is 294 g/mol. The average Bonchev–Trinajstić information content (AvgIpc) is 3.06. The van der Waals surface area contributed by atoms with Crippen molar-refractivity contribution in [1.82, 2.24) is 9.88 Å². The van der Waals surface area contributed by atoms with E-state index in [1.54, 1.807) is 11.3 Å². The Kier molecular flexibility index (Phi) is 5.08. The molecule has 0 bridgehead atoms. The van der Waals surface area contributed by atoms with Crippen molar-refractivity contribution in [3.8, 4) is 11.3 Å². The second-order valence-electron chi connectivity index (χ2n) is 5.80. The molecule has 3 rings (SSSR count). The fraction of sp³-hybridized carbons (Fsp3) is 0.471. The van der Waals surface area contributed by atoms with Crippen molar-refractivity contribution in [1.29, 1.82) is 0 Å². The third kappa shape index (κ3) is 3.48. The van der Waals surface area contributed by atoms with Crippen LogP contribution in [0.4, 0.5) is 5.13 Å². The average molecular weight is 317 g/mol. The number of nitrogens with zero attached hydrogens (tertiary/aromatic N) is 3. The second-order valence-corrected chi connectivity index (χ2v) is 6.64. The summed E-state index contributed by atoms with van der Waals surface area (Å²) in [7, 11) is 2.10. The van der Waals surface area contributed by atoms with Gasteiger partial charge in [0.1, 0.15) is 0 Å². The molecular formula is C17H23N3OS. The third-order valence-corrected chi connectivity index (χ3v) is 5.27. The van der Waals surface area contributed by atoms with E-state index in [1.165, 1.54) is 5.56 Å². The van der Waals surface area contributed by atoms with Crippen LogP contribution >= 0.6 is 11.3 Å². The van der Waals surface area contributed by atoms with Crippen LogP contribution in [0.3, 0.4) is 0 Å². The second kappa shape index (κ2) is 7.22. The van der Waals surface area contributed by atoms with E-state index in [2.05, 4.69) is 46.5 Å². The molecule has 2 heterocycles. The number of aliphatic hydroxyl groups excluding tert-OH is 1. The molecule has 22 heavy (non-hydrogen) atoms. The normalized spacial score (nSPS) is 16.4. The minimum atomic E-state index is 0.240. The van der Waals surface area contributed by atoms with Crippen molar-refractivity contribution < 1.29 is 5.11 Å². The number of hydrogen-bond acceptors (Lipinski definition) is 5. The van der Waals surface area contributed by atoms with Crippen molar-refractivity contribution >= 4 is 16.5 Å². The van der Waals surface area contributed by atoms with Crippen LogP contribution in [0.1, 0.15) is 12.8 Å². The van der Waals surface area contributed by atoms with Crippen LogP contribution in [-0.2, 0) is 0 Å². The summed E-state index contributed by atoms with van der Waals surface area (Å²) in [5.41, 5.74) is 2.25. The molecule has 1 N–H and O–H groups in total. The van der Waals surface area contributed by atoms with Crippen LogP contribution in [-0.4, -0.2) is 54.3 Å². The quantitative estimate of drug-likeness (QED) is 0.920. The lowest BCUT2D eigenvalue weighted by atomic mass is 10.0. The summed E-state index contributed by atoms with van der Waals surface area (Å²) in [6.45, 7) is 3.09. The highest BCUT2D eigenvalue weighted by Gasteiger charge is 2.23. The van der Waals surface area contributed by atoms with E-state index in [0.29, 0.717) is 6.04 Å². The molecule has 1 aromatic carbocycles. The Balaban J connectivity index is 1.61. The maximum absolute atomic E-state index is 9.05. The molecule has 0 unspecified atom stereocenters. The molecule has 1 fully saturated rings. The topological polar surface area (TPSA) is 39.6 Å². The van der Waals surface area contributed by atoms with Crippen LogP contribution in [0, 0.1) is 0 Å².